The van der Waals surface area contributed by atoms with Gasteiger partial charge in [-0.25, -0.2) is 9.37 Å². The summed E-state index contributed by atoms with van der Waals surface area (Å²) in [7, 11) is 0. The number of aryl methyl sites for hydroxylation is 1. The van der Waals surface area contributed by atoms with Gasteiger partial charge in [0.1, 0.15) is 17.4 Å². The number of aromatic amines is 1. The molecule has 1 fully saturated rings. The number of carbonyl (C=O) groups is 1. The van der Waals surface area contributed by atoms with Crippen molar-refractivity contribution in [3.8, 4) is 5.75 Å². The second-order valence-corrected chi connectivity index (χ2v) is 5.68. The predicted octanol–water partition coefficient (Wildman–Crippen LogP) is 1.20. The van der Waals surface area contributed by atoms with Crippen molar-refractivity contribution < 1.29 is 18.7 Å². The fourth-order valence-corrected chi connectivity index (χ4v) is 2.71. The zero-order valence-corrected chi connectivity index (χ0v) is 13.7. The third kappa shape index (κ3) is 4.21. The zero-order valence-electron chi connectivity index (χ0n) is 13.7. The van der Waals surface area contributed by atoms with Crippen molar-refractivity contribution in [2.75, 3.05) is 26.4 Å². The first-order valence-corrected chi connectivity index (χ1v) is 7.86. The van der Waals surface area contributed by atoms with Crippen LogP contribution in [0.25, 0.3) is 0 Å². The lowest BCUT2D eigenvalue weighted by Gasteiger charge is -2.35. The van der Waals surface area contributed by atoms with Crippen LogP contribution < -0.4 is 10.3 Å². The van der Waals surface area contributed by atoms with Crippen molar-refractivity contribution in [2.24, 2.45) is 0 Å². The van der Waals surface area contributed by atoms with Gasteiger partial charge in [-0.05, 0) is 19.1 Å². The van der Waals surface area contributed by atoms with Crippen molar-refractivity contribution in [3.63, 3.8) is 0 Å². The predicted molar refractivity (Wildman–Crippen MR) is 86.8 cm³/mol. The second-order valence-electron chi connectivity index (χ2n) is 5.68. The van der Waals surface area contributed by atoms with Gasteiger partial charge >= 0.3 is 0 Å². The molecule has 0 radical (unpaired) electrons. The summed E-state index contributed by atoms with van der Waals surface area (Å²) in [6.07, 6.45) is 0. The Morgan fingerprint density at radius 3 is 3.08 bits per heavy atom. The number of benzene rings is 1. The third-order valence-electron chi connectivity index (χ3n) is 3.83. The Balaban J connectivity index is 1.73. The SMILES string of the molecule is Cc1nc([C@@H]2COCCN2C(=O)COc2cccc(F)c2)cc(=O)[nH]1. The normalized spacial score (nSPS) is 17.4. The van der Waals surface area contributed by atoms with Gasteiger partial charge in [0.15, 0.2) is 6.61 Å². The highest BCUT2D eigenvalue weighted by atomic mass is 19.1. The van der Waals surface area contributed by atoms with Crippen LogP contribution in [-0.2, 0) is 9.53 Å². The fourth-order valence-electron chi connectivity index (χ4n) is 2.71. The van der Waals surface area contributed by atoms with Gasteiger partial charge < -0.3 is 19.4 Å². The van der Waals surface area contributed by atoms with E-state index in [2.05, 4.69) is 9.97 Å². The molecule has 1 N–H and O–H groups in total. The number of rotatable bonds is 4. The van der Waals surface area contributed by atoms with Gasteiger partial charge in [0.25, 0.3) is 11.5 Å². The summed E-state index contributed by atoms with van der Waals surface area (Å²) >= 11 is 0. The Kier molecular flexibility index (Phi) is 5.08. The third-order valence-corrected chi connectivity index (χ3v) is 3.83. The number of hydrogen-bond acceptors (Lipinski definition) is 5. The maximum Gasteiger partial charge on any atom is 0.261 e. The van der Waals surface area contributed by atoms with Crippen molar-refractivity contribution in [1.29, 1.82) is 0 Å². The van der Waals surface area contributed by atoms with Gasteiger partial charge in [0, 0.05) is 18.7 Å². The van der Waals surface area contributed by atoms with Crippen LogP contribution in [0.4, 0.5) is 4.39 Å². The molecule has 2 heterocycles. The number of amides is 1. The molecule has 132 valence electrons. The topological polar surface area (TPSA) is 84.5 Å². The Bertz CT molecular complexity index is 824. The summed E-state index contributed by atoms with van der Waals surface area (Å²) in [5.41, 5.74) is 0.191. The van der Waals surface area contributed by atoms with E-state index >= 15 is 0 Å². The highest BCUT2D eigenvalue weighted by Gasteiger charge is 2.30. The first-order valence-electron chi connectivity index (χ1n) is 7.86. The van der Waals surface area contributed by atoms with Crippen LogP contribution in [0.1, 0.15) is 17.6 Å². The maximum atomic E-state index is 13.2. The maximum absolute atomic E-state index is 13.2. The average Bonchev–Trinajstić information content (AvgIpc) is 2.59. The Hall–Kier alpha value is -2.74. The van der Waals surface area contributed by atoms with Gasteiger partial charge in [0.2, 0.25) is 0 Å². The molecule has 1 aliphatic heterocycles. The molecule has 0 bridgehead atoms. The first-order chi connectivity index (χ1) is 12.0. The summed E-state index contributed by atoms with van der Waals surface area (Å²) in [5.74, 6) is 0.0365. The molecule has 1 amide bonds. The average molecular weight is 347 g/mol. The van der Waals surface area contributed by atoms with Crippen molar-refractivity contribution in [1.82, 2.24) is 14.9 Å². The van der Waals surface area contributed by atoms with Crippen LogP contribution >= 0.6 is 0 Å². The van der Waals surface area contributed by atoms with Gasteiger partial charge in [0.05, 0.1) is 24.9 Å². The minimum atomic E-state index is -0.460. The summed E-state index contributed by atoms with van der Waals surface area (Å²) in [5, 5.41) is 0. The fraction of sp³-hybridized carbons (Fsp3) is 0.353. The smallest absolute Gasteiger partial charge is 0.261 e. The molecule has 0 spiro atoms. The Morgan fingerprint density at radius 2 is 2.32 bits per heavy atom. The Labute approximate surface area is 143 Å². The van der Waals surface area contributed by atoms with E-state index < -0.39 is 11.9 Å². The molecular weight excluding hydrogens is 329 g/mol. The molecular formula is C17H18FN3O4. The highest BCUT2D eigenvalue weighted by Crippen LogP contribution is 2.22. The largest absolute Gasteiger partial charge is 0.484 e. The van der Waals surface area contributed by atoms with Crippen molar-refractivity contribution in [2.45, 2.75) is 13.0 Å². The van der Waals surface area contributed by atoms with Crippen LogP contribution in [0.5, 0.6) is 5.75 Å². The molecule has 8 heteroatoms. The van der Waals surface area contributed by atoms with Gasteiger partial charge in [-0.2, -0.15) is 0 Å². The number of nitrogens with zero attached hydrogens (tertiary/aromatic N) is 2. The van der Waals surface area contributed by atoms with E-state index in [0.29, 0.717) is 24.7 Å². The molecule has 0 unspecified atom stereocenters. The number of halogens is 1. The molecule has 25 heavy (non-hydrogen) atoms. The van der Waals surface area contributed by atoms with Crippen LogP contribution in [-0.4, -0.2) is 47.1 Å². The monoisotopic (exact) mass is 347 g/mol. The summed E-state index contributed by atoms with van der Waals surface area (Å²) < 4.78 is 24.0. The molecule has 1 aliphatic rings. The zero-order chi connectivity index (χ0) is 17.8. The molecule has 3 rings (SSSR count). The number of aromatic nitrogens is 2. The number of nitrogens with one attached hydrogen (secondary N) is 1. The molecule has 1 saturated heterocycles. The van der Waals surface area contributed by atoms with Crippen LogP contribution in [0.15, 0.2) is 35.1 Å². The lowest BCUT2D eigenvalue weighted by Crippen LogP contribution is -2.46. The second kappa shape index (κ2) is 7.43. The van der Waals surface area contributed by atoms with Crippen molar-refractivity contribution in [3.05, 3.63) is 58.0 Å². The molecule has 0 aliphatic carbocycles. The number of ether oxygens (including phenoxy) is 2. The van der Waals surface area contributed by atoms with E-state index in [9.17, 15) is 14.0 Å². The van der Waals surface area contributed by atoms with Crippen molar-refractivity contribution >= 4 is 5.91 Å². The van der Waals surface area contributed by atoms with Gasteiger partial charge in [-0.3, -0.25) is 9.59 Å². The Morgan fingerprint density at radius 1 is 1.48 bits per heavy atom. The molecule has 2 aromatic rings. The minimum absolute atomic E-state index is 0.234. The van der Waals surface area contributed by atoms with E-state index in [4.69, 9.17) is 9.47 Å². The molecule has 0 saturated carbocycles. The lowest BCUT2D eigenvalue weighted by atomic mass is 10.1. The van der Waals surface area contributed by atoms with Crippen LogP contribution in [0.2, 0.25) is 0 Å². The van der Waals surface area contributed by atoms with E-state index in [1.165, 1.54) is 24.3 Å². The number of H-pyrrole nitrogens is 1. The minimum Gasteiger partial charge on any atom is -0.484 e. The highest BCUT2D eigenvalue weighted by molar-refractivity contribution is 5.78. The molecule has 1 atom stereocenters. The van der Waals surface area contributed by atoms with E-state index in [0.717, 1.165) is 0 Å². The van der Waals surface area contributed by atoms with Crippen LogP contribution in [0.3, 0.4) is 0 Å². The summed E-state index contributed by atoms with van der Waals surface area (Å²) in [6, 6.07) is 6.50. The number of morpholine rings is 1. The van der Waals surface area contributed by atoms with E-state index in [-0.39, 0.29) is 30.4 Å². The molecule has 1 aromatic heterocycles. The first kappa shape index (κ1) is 17.1. The van der Waals surface area contributed by atoms with Gasteiger partial charge in [-0.15, -0.1) is 0 Å². The molecule has 1 aromatic carbocycles. The summed E-state index contributed by atoms with van der Waals surface area (Å²) in [6.45, 7) is 2.45. The van der Waals surface area contributed by atoms with E-state index in [1.807, 2.05) is 0 Å². The van der Waals surface area contributed by atoms with E-state index in [1.54, 1.807) is 17.9 Å². The molecule has 7 nitrogen and oxygen atoms in total. The van der Waals surface area contributed by atoms with Gasteiger partial charge in [-0.1, -0.05) is 6.07 Å². The number of carbonyl (C=O) groups excluding carboxylic acids is 1. The standard InChI is InChI=1S/C17H18FN3O4/c1-11-19-14(8-16(22)20-11)15-9-24-6-5-21(15)17(23)10-25-13-4-2-3-12(18)7-13/h2-4,7-8,15H,5-6,9-10H2,1H3,(H,19,20,22)/t15-/m0/s1. The lowest BCUT2D eigenvalue weighted by molar-refractivity contribution is -0.142. The number of hydrogen-bond donors (Lipinski definition) is 1. The summed E-state index contributed by atoms with van der Waals surface area (Å²) in [4.78, 5) is 32.7. The quantitative estimate of drug-likeness (QED) is 0.898. The van der Waals surface area contributed by atoms with Crippen LogP contribution in [0, 0.1) is 12.7 Å².